The molecule has 1 aromatic carbocycles. The minimum atomic E-state index is -0.0942. The molecule has 7 heteroatoms. The lowest BCUT2D eigenvalue weighted by Crippen LogP contribution is -2.39. The summed E-state index contributed by atoms with van der Waals surface area (Å²) < 4.78 is 3.59. The first-order valence-electron chi connectivity index (χ1n) is 9.31. The molecule has 0 aliphatic carbocycles. The van der Waals surface area contributed by atoms with E-state index in [0.29, 0.717) is 29.8 Å². The normalized spacial score (nSPS) is 15.4. The molecule has 0 spiro atoms. The van der Waals surface area contributed by atoms with Crippen LogP contribution in [-0.4, -0.2) is 43.0 Å². The van der Waals surface area contributed by atoms with Gasteiger partial charge < -0.3 is 9.47 Å². The van der Waals surface area contributed by atoms with Crippen molar-refractivity contribution in [1.82, 2.24) is 24.0 Å². The summed E-state index contributed by atoms with van der Waals surface area (Å²) in [7, 11) is 2.01. The van der Waals surface area contributed by atoms with Crippen molar-refractivity contribution < 1.29 is 4.79 Å². The number of fused-ring (bicyclic) bond motifs is 1. The van der Waals surface area contributed by atoms with Gasteiger partial charge in [0, 0.05) is 50.9 Å². The Bertz CT molecular complexity index is 1010. The number of carbonyl (C=O) groups excluding carboxylic acids is 1. The van der Waals surface area contributed by atoms with Crippen LogP contribution < -0.4 is 5.56 Å². The van der Waals surface area contributed by atoms with Gasteiger partial charge in [0.15, 0.2) is 0 Å². The van der Waals surface area contributed by atoms with Gasteiger partial charge in [-0.25, -0.2) is 9.97 Å². The van der Waals surface area contributed by atoms with Crippen LogP contribution in [0.4, 0.5) is 0 Å². The van der Waals surface area contributed by atoms with Gasteiger partial charge in [-0.1, -0.05) is 12.1 Å². The molecule has 1 fully saturated rings. The molecule has 4 rings (SSSR count). The van der Waals surface area contributed by atoms with Crippen molar-refractivity contribution in [2.45, 2.75) is 31.7 Å². The second-order valence-corrected chi connectivity index (χ2v) is 7.09. The van der Waals surface area contributed by atoms with Crippen LogP contribution in [0.25, 0.3) is 10.9 Å². The van der Waals surface area contributed by atoms with Gasteiger partial charge in [-0.2, -0.15) is 0 Å². The van der Waals surface area contributed by atoms with Crippen LogP contribution in [0.5, 0.6) is 0 Å². The number of amides is 1. The number of benzene rings is 1. The average Bonchev–Trinajstić information content (AvgIpc) is 3.13. The van der Waals surface area contributed by atoms with E-state index >= 15 is 0 Å². The topological polar surface area (TPSA) is 73.0 Å². The second kappa shape index (κ2) is 7.34. The number of para-hydroxylation sites is 1. The highest BCUT2D eigenvalue weighted by Crippen LogP contribution is 2.27. The van der Waals surface area contributed by atoms with E-state index in [1.165, 1.54) is 16.6 Å². The van der Waals surface area contributed by atoms with E-state index < -0.39 is 0 Å². The number of aromatic nitrogens is 4. The van der Waals surface area contributed by atoms with Crippen LogP contribution in [0.3, 0.4) is 0 Å². The monoisotopic (exact) mass is 365 g/mol. The number of aryl methyl sites for hydroxylation is 2. The van der Waals surface area contributed by atoms with Gasteiger partial charge in [-0.15, -0.1) is 0 Å². The van der Waals surface area contributed by atoms with Crippen molar-refractivity contribution in [2.24, 2.45) is 7.05 Å². The Morgan fingerprint density at radius 1 is 1.19 bits per heavy atom. The maximum atomic E-state index is 12.6. The Hall–Kier alpha value is -2.96. The SMILES string of the molecule is Cn1cncc1C1CCN(C(=O)CCn2cnc3ccccc3c2=O)CC1. The number of hydrogen-bond acceptors (Lipinski definition) is 4. The molecule has 0 bridgehead atoms. The summed E-state index contributed by atoms with van der Waals surface area (Å²) in [6.45, 7) is 1.86. The first-order valence-corrected chi connectivity index (χ1v) is 9.31. The van der Waals surface area contributed by atoms with Gasteiger partial charge in [-0.3, -0.25) is 14.2 Å². The van der Waals surface area contributed by atoms with Crippen molar-refractivity contribution >= 4 is 16.8 Å². The molecule has 27 heavy (non-hydrogen) atoms. The maximum absolute atomic E-state index is 12.6. The Labute approximate surface area is 157 Å². The predicted molar refractivity (Wildman–Crippen MR) is 102 cm³/mol. The van der Waals surface area contributed by atoms with Gasteiger partial charge >= 0.3 is 0 Å². The highest BCUT2D eigenvalue weighted by Gasteiger charge is 2.25. The van der Waals surface area contributed by atoms with Gasteiger partial charge in [0.05, 0.1) is 23.6 Å². The Morgan fingerprint density at radius 3 is 2.70 bits per heavy atom. The molecule has 0 N–H and O–H groups in total. The molecule has 3 heterocycles. The van der Waals surface area contributed by atoms with Crippen LogP contribution >= 0.6 is 0 Å². The lowest BCUT2D eigenvalue weighted by atomic mass is 9.93. The summed E-state index contributed by atoms with van der Waals surface area (Å²) in [6.07, 6.45) is 7.48. The zero-order chi connectivity index (χ0) is 18.8. The van der Waals surface area contributed by atoms with Crippen molar-refractivity contribution in [2.75, 3.05) is 13.1 Å². The zero-order valence-electron chi connectivity index (χ0n) is 15.4. The minimum absolute atomic E-state index is 0.0942. The van der Waals surface area contributed by atoms with Crippen LogP contribution in [0.2, 0.25) is 0 Å². The molecule has 1 aliphatic heterocycles. The number of carbonyl (C=O) groups is 1. The van der Waals surface area contributed by atoms with Crippen molar-refractivity contribution in [3.05, 3.63) is 59.2 Å². The molecular formula is C20H23N5O2. The first-order chi connectivity index (χ1) is 13.1. The van der Waals surface area contributed by atoms with Crippen LogP contribution in [-0.2, 0) is 18.4 Å². The smallest absolute Gasteiger partial charge is 0.261 e. The molecule has 1 amide bonds. The van der Waals surface area contributed by atoms with Gasteiger partial charge in [-0.05, 0) is 25.0 Å². The molecule has 140 valence electrons. The van der Waals surface area contributed by atoms with Gasteiger partial charge in [0.25, 0.3) is 5.56 Å². The number of imidazole rings is 1. The predicted octanol–water partition coefficient (Wildman–Crippen LogP) is 1.93. The Kier molecular flexibility index (Phi) is 4.75. The minimum Gasteiger partial charge on any atom is -0.343 e. The van der Waals surface area contributed by atoms with Crippen LogP contribution in [0, 0.1) is 0 Å². The molecule has 1 saturated heterocycles. The molecular weight excluding hydrogens is 342 g/mol. The van der Waals surface area contributed by atoms with Gasteiger partial charge in [0.2, 0.25) is 5.91 Å². The Morgan fingerprint density at radius 2 is 1.96 bits per heavy atom. The van der Waals surface area contributed by atoms with E-state index in [-0.39, 0.29) is 11.5 Å². The third-order valence-electron chi connectivity index (χ3n) is 5.42. The molecule has 7 nitrogen and oxygen atoms in total. The number of hydrogen-bond donors (Lipinski definition) is 0. The fraction of sp³-hybridized carbons (Fsp3) is 0.400. The van der Waals surface area contributed by atoms with E-state index in [0.717, 1.165) is 25.9 Å². The molecule has 2 aromatic heterocycles. The first kappa shape index (κ1) is 17.5. The summed E-state index contributed by atoms with van der Waals surface area (Å²) in [5.41, 5.74) is 1.82. The van der Waals surface area contributed by atoms with Gasteiger partial charge in [0.1, 0.15) is 0 Å². The quantitative estimate of drug-likeness (QED) is 0.708. The lowest BCUT2D eigenvalue weighted by Gasteiger charge is -2.32. The summed E-state index contributed by atoms with van der Waals surface area (Å²) in [4.78, 5) is 35.5. The zero-order valence-corrected chi connectivity index (χ0v) is 15.4. The highest BCUT2D eigenvalue weighted by atomic mass is 16.2. The number of rotatable bonds is 4. The van der Waals surface area contributed by atoms with E-state index in [4.69, 9.17) is 0 Å². The maximum Gasteiger partial charge on any atom is 0.261 e. The molecule has 0 saturated carbocycles. The van der Waals surface area contributed by atoms with Crippen molar-refractivity contribution in [3.63, 3.8) is 0 Å². The van der Waals surface area contributed by atoms with E-state index in [1.807, 2.05) is 42.7 Å². The standard InChI is InChI=1S/C20H23N5O2/c1-23-13-21-12-18(23)15-6-9-24(10-7-15)19(26)8-11-25-14-22-17-5-3-2-4-16(17)20(25)27/h2-5,12-15H,6-11H2,1H3. The lowest BCUT2D eigenvalue weighted by molar-refractivity contribution is -0.132. The summed E-state index contributed by atoms with van der Waals surface area (Å²) in [5, 5.41) is 0.587. The molecule has 3 aromatic rings. The van der Waals surface area contributed by atoms with Crippen molar-refractivity contribution in [1.29, 1.82) is 0 Å². The average molecular weight is 365 g/mol. The largest absolute Gasteiger partial charge is 0.343 e. The second-order valence-electron chi connectivity index (χ2n) is 7.09. The summed E-state index contributed by atoms with van der Waals surface area (Å²) in [5.74, 6) is 0.548. The molecule has 1 aliphatic rings. The number of piperidine rings is 1. The van der Waals surface area contributed by atoms with Crippen molar-refractivity contribution in [3.8, 4) is 0 Å². The molecule has 0 unspecified atom stereocenters. The molecule has 0 radical (unpaired) electrons. The molecule has 0 atom stereocenters. The fourth-order valence-electron chi connectivity index (χ4n) is 3.83. The third-order valence-corrected chi connectivity index (χ3v) is 5.42. The summed E-state index contributed by atoms with van der Waals surface area (Å²) in [6, 6.07) is 7.27. The Balaban J connectivity index is 1.36. The fourth-order valence-corrected chi connectivity index (χ4v) is 3.83. The van der Waals surface area contributed by atoms with Crippen LogP contribution in [0.15, 0.2) is 47.9 Å². The number of nitrogens with zero attached hydrogens (tertiary/aromatic N) is 5. The summed E-state index contributed by atoms with van der Waals surface area (Å²) >= 11 is 0. The third kappa shape index (κ3) is 3.49. The number of likely N-dealkylation sites (tertiary alicyclic amines) is 1. The van der Waals surface area contributed by atoms with E-state index in [9.17, 15) is 9.59 Å². The van der Waals surface area contributed by atoms with E-state index in [1.54, 1.807) is 6.07 Å². The highest BCUT2D eigenvalue weighted by molar-refractivity contribution is 5.77. The van der Waals surface area contributed by atoms with E-state index in [2.05, 4.69) is 14.5 Å². The van der Waals surface area contributed by atoms with Crippen LogP contribution in [0.1, 0.15) is 30.9 Å².